The minimum atomic E-state index is -1.97. The molecule has 3 aromatic carbocycles. The Kier molecular flexibility index (Phi) is 5.42. The molecule has 162 valence electrons. The first-order chi connectivity index (χ1) is 14.6. The highest BCUT2D eigenvalue weighted by atomic mass is 16.7. The standard InChI is InChI=1S/C18H15BO12/c20-7-1-4-10(16(26)13(7)23)29-19(30-11-5-2-8(21)14(24)17(11)27)31-12-6-3-9(22)15(25)18(12)28/h1-6,20-28H. The summed E-state index contributed by atoms with van der Waals surface area (Å²) in [5.74, 6) is -8.93. The SMILES string of the molecule is Oc1ccc(OB(Oc2ccc(O)c(O)c2O)Oc2ccc(O)c(O)c2O)c(O)c1O. The predicted molar refractivity (Wildman–Crippen MR) is 102 cm³/mol. The van der Waals surface area contributed by atoms with E-state index in [2.05, 4.69) is 0 Å². The van der Waals surface area contributed by atoms with E-state index in [-0.39, 0.29) is 0 Å². The summed E-state index contributed by atoms with van der Waals surface area (Å²) in [6, 6.07) is 5.96. The monoisotopic (exact) mass is 434 g/mol. The number of rotatable bonds is 6. The van der Waals surface area contributed by atoms with Crippen LogP contribution in [0.3, 0.4) is 0 Å². The fourth-order valence-electron chi connectivity index (χ4n) is 2.32. The van der Waals surface area contributed by atoms with E-state index in [1.54, 1.807) is 0 Å². The van der Waals surface area contributed by atoms with Crippen LogP contribution >= 0.6 is 0 Å². The lowest BCUT2D eigenvalue weighted by Gasteiger charge is -2.19. The molecule has 0 spiro atoms. The minimum absolute atomic E-state index is 0.481. The Morgan fingerprint density at radius 3 is 0.903 bits per heavy atom. The van der Waals surface area contributed by atoms with E-state index in [4.69, 9.17) is 14.0 Å². The number of phenolic OH excluding ortho intramolecular Hbond substituents is 9. The van der Waals surface area contributed by atoms with Gasteiger partial charge in [-0.05, 0) is 36.4 Å². The molecule has 0 saturated carbocycles. The van der Waals surface area contributed by atoms with Crippen molar-refractivity contribution >= 4 is 7.32 Å². The average Bonchev–Trinajstić information content (AvgIpc) is 2.74. The van der Waals surface area contributed by atoms with Crippen LogP contribution in [0.15, 0.2) is 36.4 Å². The van der Waals surface area contributed by atoms with E-state index in [0.29, 0.717) is 0 Å². The number of hydrogen-bond acceptors (Lipinski definition) is 12. The van der Waals surface area contributed by atoms with Gasteiger partial charge < -0.3 is 59.9 Å². The second-order valence-corrected chi connectivity index (χ2v) is 5.98. The molecule has 0 unspecified atom stereocenters. The van der Waals surface area contributed by atoms with E-state index in [1.165, 1.54) is 0 Å². The molecule has 0 aliphatic rings. The molecule has 0 bridgehead atoms. The van der Waals surface area contributed by atoms with Crippen LogP contribution in [0.2, 0.25) is 0 Å². The zero-order chi connectivity index (χ0) is 22.9. The Morgan fingerprint density at radius 1 is 0.387 bits per heavy atom. The maximum absolute atomic E-state index is 9.94. The van der Waals surface area contributed by atoms with Gasteiger partial charge in [0, 0.05) is 0 Å². The first-order valence-electron chi connectivity index (χ1n) is 8.31. The van der Waals surface area contributed by atoms with Crippen LogP contribution < -0.4 is 14.0 Å². The third kappa shape index (κ3) is 4.05. The third-order valence-electron chi connectivity index (χ3n) is 3.95. The van der Waals surface area contributed by atoms with Crippen molar-refractivity contribution < 1.29 is 59.9 Å². The largest absolute Gasteiger partial charge is 0.864 e. The predicted octanol–water partition coefficient (Wildman–Crippen LogP) is 1.56. The Morgan fingerprint density at radius 2 is 0.645 bits per heavy atom. The molecular weight excluding hydrogens is 419 g/mol. The molecule has 0 aliphatic heterocycles. The molecule has 0 fully saturated rings. The van der Waals surface area contributed by atoms with Gasteiger partial charge in [0.25, 0.3) is 0 Å². The van der Waals surface area contributed by atoms with Crippen LogP contribution in [0.1, 0.15) is 0 Å². The van der Waals surface area contributed by atoms with E-state index in [9.17, 15) is 46.0 Å². The summed E-state index contributed by atoms with van der Waals surface area (Å²) in [6.45, 7) is 0. The lowest BCUT2D eigenvalue weighted by molar-refractivity contribution is 0.276. The molecule has 0 radical (unpaired) electrons. The van der Waals surface area contributed by atoms with Crippen molar-refractivity contribution in [3.05, 3.63) is 36.4 Å². The quantitative estimate of drug-likeness (QED) is 0.200. The smallest absolute Gasteiger partial charge is 0.504 e. The Hall–Kier alpha value is -4.68. The zero-order valence-electron chi connectivity index (χ0n) is 15.3. The van der Waals surface area contributed by atoms with Crippen LogP contribution in [-0.4, -0.2) is 53.3 Å². The second kappa shape index (κ2) is 7.98. The molecule has 3 aromatic rings. The third-order valence-corrected chi connectivity index (χ3v) is 3.95. The maximum Gasteiger partial charge on any atom is 0.864 e. The number of phenols is 9. The molecular formula is C18H15BO12. The first-order valence-corrected chi connectivity index (χ1v) is 8.31. The molecule has 0 aliphatic carbocycles. The van der Waals surface area contributed by atoms with Gasteiger partial charge in [-0.25, -0.2) is 0 Å². The minimum Gasteiger partial charge on any atom is -0.504 e. The highest BCUT2D eigenvalue weighted by Crippen LogP contribution is 2.45. The van der Waals surface area contributed by atoms with Gasteiger partial charge in [0.05, 0.1) is 0 Å². The van der Waals surface area contributed by atoms with E-state index in [0.717, 1.165) is 36.4 Å². The fourth-order valence-corrected chi connectivity index (χ4v) is 2.32. The molecule has 0 atom stereocenters. The molecule has 9 N–H and O–H groups in total. The summed E-state index contributed by atoms with van der Waals surface area (Å²) in [5, 5.41) is 87.0. The highest BCUT2D eigenvalue weighted by molar-refractivity contribution is 6.39. The molecule has 3 rings (SSSR count). The van der Waals surface area contributed by atoms with Crippen LogP contribution in [-0.2, 0) is 0 Å². The summed E-state index contributed by atoms with van der Waals surface area (Å²) in [6.07, 6.45) is 0. The summed E-state index contributed by atoms with van der Waals surface area (Å²) in [4.78, 5) is 0. The number of aromatic hydroxyl groups is 9. The van der Waals surface area contributed by atoms with Gasteiger partial charge in [-0.15, -0.1) is 0 Å². The summed E-state index contributed by atoms with van der Waals surface area (Å²) in [7, 11) is -1.97. The summed E-state index contributed by atoms with van der Waals surface area (Å²) < 4.78 is 15.8. The lowest BCUT2D eigenvalue weighted by Crippen LogP contribution is -2.37. The molecule has 0 saturated heterocycles. The van der Waals surface area contributed by atoms with Crippen molar-refractivity contribution in [2.75, 3.05) is 0 Å². The number of benzene rings is 3. The first kappa shape index (κ1) is 21.0. The van der Waals surface area contributed by atoms with Gasteiger partial charge >= 0.3 is 7.32 Å². The van der Waals surface area contributed by atoms with Crippen molar-refractivity contribution in [3.8, 4) is 69.0 Å². The van der Waals surface area contributed by atoms with Crippen LogP contribution in [0.4, 0.5) is 0 Å². The molecule has 12 nitrogen and oxygen atoms in total. The summed E-state index contributed by atoms with van der Waals surface area (Å²) >= 11 is 0. The van der Waals surface area contributed by atoms with Crippen LogP contribution in [0, 0.1) is 0 Å². The van der Waals surface area contributed by atoms with Gasteiger partial charge in [0.1, 0.15) is 0 Å². The van der Waals surface area contributed by atoms with Gasteiger partial charge in [0.2, 0.25) is 34.5 Å². The van der Waals surface area contributed by atoms with E-state index in [1.807, 2.05) is 0 Å². The number of hydrogen-bond donors (Lipinski definition) is 9. The Balaban J connectivity index is 1.99. The topological polar surface area (TPSA) is 210 Å². The van der Waals surface area contributed by atoms with E-state index < -0.39 is 76.3 Å². The highest BCUT2D eigenvalue weighted by Gasteiger charge is 2.35. The van der Waals surface area contributed by atoms with Crippen molar-refractivity contribution in [1.29, 1.82) is 0 Å². The lowest BCUT2D eigenvalue weighted by atomic mass is 10.1. The normalized spacial score (nSPS) is 10.5. The molecule has 13 heteroatoms. The fraction of sp³-hybridized carbons (Fsp3) is 0. The average molecular weight is 434 g/mol. The van der Waals surface area contributed by atoms with Crippen molar-refractivity contribution in [2.45, 2.75) is 0 Å². The van der Waals surface area contributed by atoms with Crippen LogP contribution in [0.5, 0.6) is 69.0 Å². The van der Waals surface area contributed by atoms with Crippen molar-refractivity contribution in [1.82, 2.24) is 0 Å². The van der Waals surface area contributed by atoms with Gasteiger partial charge in [-0.2, -0.15) is 0 Å². The molecule has 31 heavy (non-hydrogen) atoms. The Labute approximate surface area is 173 Å². The maximum atomic E-state index is 9.94. The van der Waals surface area contributed by atoms with Crippen molar-refractivity contribution in [3.63, 3.8) is 0 Å². The molecule has 0 heterocycles. The molecule has 0 aromatic heterocycles. The van der Waals surface area contributed by atoms with Crippen molar-refractivity contribution in [2.24, 2.45) is 0 Å². The zero-order valence-corrected chi connectivity index (χ0v) is 15.3. The Bertz CT molecular complexity index is 992. The van der Waals surface area contributed by atoms with E-state index >= 15 is 0 Å². The van der Waals surface area contributed by atoms with Gasteiger partial charge in [0.15, 0.2) is 34.5 Å². The summed E-state index contributed by atoms with van der Waals surface area (Å²) in [5.41, 5.74) is 0. The molecule has 0 amide bonds. The van der Waals surface area contributed by atoms with Gasteiger partial charge in [-0.1, -0.05) is 0 Å². The second-order valence-electron chi connectivity index (χ2n) is 5.98. The van der Waals surface area contributed by atoms with Crippen LogP contribution in [0.25, 0.3) is 0 Å². The van der Waals surface area contributed by atoms with Gasteiger partial charge in [-0.3, -0.25) is 0 Å².